The highest BCUT2D eigenvalue weighted by Crippen LogP contribution is 2.48. The van der Waals surface area contributed by atoms with Crippen LogP contribution in [0.5, 0.6) is 5.75 Å². The number of ether oxygens (including phenoxy) is 1. The van der Waals surface area contributed by atoms with Gasteiger partial charge in [-0.05, 0) is 67.7 Å². The van der Waals surface area contributed by atoms with Gasteiger partial charge in [-0.2, -0.15) is 0 Å². The van der Waals surface area contributed by atoms with Crippen LogP contribution in [0.3, 0.4) is 0 Å². The summed E-state index contributed by atoms with van der Waals surface area (Å²) in [5, 5.41) is 0. The fraction of sp³-hybridized carbons (Fsp3) is 0.600. The molecule has 2 aliphatic rings. The molecule has 0 heterocycles. The maximum Gasteiger partial charge on any atom is 0.123 e. The van der Waals surface area contributed by atoms with Crippen LogP contribution in [0.2, 0.25) is 0 Å². The summed E-state index contributed by atoms with van der Waals surface area (Å²) in [6.07, 6.45) is 5.57. The first-order valence-corrected chi connectivity index (χ1v) is 6.61. The summed E-state index contributed by atoms with van der Waals surface area (Å²) in [5.74, 6) is 3.24. The second kappa shape index (κ2) is 4.32. The minimum atomic E-state index is -0.185. The van der Waals surface area contributed by atoms with Crippen LogP contribution >= 0.6 is 0 Å². The van der Waals surface area contributed by atoms with Crippen LogP contribution in [0, 0.1) is 30.5 Å². The van der Waals surface area contributed by atoms with E-state index in [9.17, 15) is 4.39 Å². The SMILES string of the molecule is Cc1cc(F)ccc1OCC1CC2CCC1C2. The van der Waals surface area contributed by atoms with Crippen LogP contribution < -0.4 is 4.74 Å². The quantitative estimate of drug-likeness (QED) is 0.769. The molecule has 92 valence electrons. The number of aryl methyl sites for hydroxylation is 1. The summed E-state index contributed by atoms with van der Waals surface area (Å²) in [4.78, 5) is 0. The second-order valence-corrected chi connectivity index (χ2v) is 5.66. The monoisotopic (exact) mass is 234 g/mol. The number of rotatable bonds is 3. The third-order valence-electron chi connectivity index (χ3n) is 4.47. The highest BCUT2D eigenvalue weighted by atomic mass is 19.1. The van der Waals surface area contributed by atoms with E-state index in [2.05, 4.69) is 0 Å². The maximum absolute atomic E-state index is 13.0. The predicted molar refractivity (Wildman–Crippen MR) is 65.6 cm³/mol. The third-order valence-corrected chi connectivity index (χ3v) is 4.47. The molecule has 17 heavy (non-hydrogen) atoms. The molecule has 3 rings (SSSR count). The van der Waals surface area contributed by atoms with Gasteiger partial charge in [0, 0.05) is 0 Å². The van der Waals surface area contributed by atoms with E-state index in [0.29, 0.717) is 0 Å². The van der Waals surface area contributed by atoms with Crippen LogP contribution in [0.25, 0.3) is 0 Å². The molecule has 3 atom stereocenters. The van der Waals surface area contributed by atoms with E-state index in [1.807, 2.05) is 6.92 Å². The number of fused-ring (bicyclic) bond motifs is 2. The van der Waals surface area contributed by atoms with E-state index in [4.69, 9.17) is 4.74 Å². The molecule has 2 aliphatic carbocycles. The van der Waals surface area contributed by atoms with E-state index in [-0.39, 0.29) is 5.82 Å². The van der Waals surface area contributed by atoms with Crippen LogP contribution in [0.4, 0.5) is 4.39 Å². The molecule has 3 unspecified atom stereocenters. The fourth-order valence-electron chi connectivity index (χ4n) is 3.55. The molecule has 1 aromatic carbocycles. The van der Waals surface area contributed by atoms with Crippen molar-refractivity contribution in [3.63, 3.8) is 0 Å². The number of hydrogen-bond donors (Lipinski definition) is 0. The molecule has 0 saturated heterocycles. The van der Waals surface area contributed by atoms with Gasteiger partial charge >= 0.3 is 0 Å². The standard InChI is InChI=1S/C15H19FO/c1-10-6-14(16)4-5-15(10)17-9-13-8-11-2-3-12(13)7-11/h4-6,11-13H,2-3,7-9H2,1H3. The normalized spacial score (nSPS) is 30.8. The zero-order chi connectivity index (χ0) is 11.8. The lowest BCUT2D eigenvalue weighted by molar-refractivity contribution is 0.194. The van der Waals surface area contributed by atoms with Crippen molar-refractivity contribution in [2.75, 3.05) is 6.61 Å². The van der Waals surface area contributed by atoms with Crippen LogP contribution in [-0.4, -0.2) is 6.61 Å². The van der Waals surface area contributed by atoms with Gasteiger partial charge in [-0.25, -0.2) is 4.39 Å². The topological polar surface area (TPSA) is 9.23 Å². The van der Waals surface area contributed by atoms with Gasteiger partial charge in [0.05, 0.1) is 6.61 Å². The summed E-state index contributed by atoms with van der Waals surface area (Å²) in [6, 6.07) is 4.76. The zero-order valence-corrected chi connectivity index (χ0v) is 10.3. The Morgan fingerprint density at radius 2 is 2.18 bits per heavy atom. The molecule has 1 nitrogen and oxygen atoms in total. The van der Waals surface area contributed by atoms with Crippen molar-refractivity contribution in [1.82, 2.24) is 0 Å². The van der Waals surface area contributed by atoms with E-state index in [0.717, 1.165) is 35.7 Å². The maximum atomic E-state index is 13.0. The Morgan fingerprint density at radius 3 is 2.82 bits per heavy atom. The van der Waals surface area contributed by atoms with Crippen LogP contribution in [0.1, 0.15) is 31.2 Å². The summed E-state index contributed by atoms with van der Waals surface area (Å²) in [6.45, 7) is 2.72. The molecule has 0 radical (unpaired) electrons. The molecule has 0 spiro atoms. The van der Waals surface area contributed by atoms with Crippen molar-refractivity contribution in [3.05, 3.63) is 29.6 Å². The van der Waals surface area contributed by atoms with Crippen LogP contribution in [0.15, 0.2) is 18.2 Å². The summed E-state index contributed by atoms with van der Waals surface area (Å²) < 4.78 is 18.8. The number of benzene rings is 1. The average molecular weight is 234 g/mol. The minimum absolute atomic E-state index is 0.185. The first-order chi connectivity index (χ1) is 8.22. The van der Waals surface area contributed by atoms with Crippen molar-refractivity contribution in [2.45, 2.75) is 32.6 Å². The lowest BCUT2D eigenvalue weighted by Gasteiger charge is -2.22. The van der Waals surface area contributed by atoms with E-state index >= 15 is 0 Å². The second-order valence-electron chi connectivity index (χ2n) is 5.66. The largest absolute Gasteiger partial charge is 0.493 e. The van der Waals surface area contributed by atoms with Gasteiger partial charge in [-0.15, -0.1) is 0 Å². The Labute approximate surface area is 102 Å². The smallest absolute Gasteiger partial charge is 0.123 e. The summed E-state index contributed by atoms with van der Waals surface area (Å²) >= 11 is 0. The van der Waals surface area contributed by atoms with Crippen molar-refractivity contribution < 1.29 is 9.13 Å². The molecule has 2 heteroatoms. The predicted octanol–water partition coefficient (Wildman–Crippen LogP) is 3.95. The minimum Gasteiger partial charge on any atom is -0.493 e. The Bertz CT molecular complexity index is 415. The number of hydrogen-bond acceptors (Lipinski definition) is 1. The van der Waals surface area contributed by atoms with Gasteiger partial charge in [0.2, 0.25) is 0 Å². The lowest BCUT2D eigenvalue weighted by Crippen LogP contribution is -2.18. The first-order valence-electron chi connectivity index (χ1n) is 6.61. The molecule has 0 aromatic heterocycles. The number of halogens is 1. The van der Waals surface area contributed by atoms with Crippen LogP contribution in [-0.2, 0) is 0 Å². The van der Waals surface area contributed by atoms with Crippen molar-refractivity contribution in [3.8, 4) is 5.75 Å². The Kier molecular flexibility index (Phi) is 2.81. The van der Waals surface area contributed by atoms with E-state index < -0.39 is 0 Å². The first kappa shape index (κ1) is 11.1. The molecule has 0 N–H and O–H groups in total. The molecule has 0 aliphatic heterocycles. The van der Waals surface area contributed by atoms with E-state index in [1.54, 1.807) is 6.07 Å². The Hall–Kier alpha value is -1.05. The molecular formula is C15H19FO. The fourth-order valence-corrected chi connectivity index (χ4v) is 3.55. The Morgan fingerprint density at radius 1 is 1.29 bits per heavy atom. The van der Waals surface area contributed by atoms with Gasteiger partial charge in [-0.3, -0.25) is 0 Å². The van der Waals surface area contributed by atoms with E-state index in [1.165, 1.54) is 37.8 Å². The highest BCUT2D eigenvalue weighted by molar-refractivity contribution is 5.32. The highest BCUT2D eigenvalue weighted by Gasteiger charge is 2.39. The molecule has 2 saturated carbocycles. The van der Waals surface area contributed by atoms with Crippen molar-refractivity contribution in [2.24, 2.45) is 17.8 Å². The third kappa shape index (κ3) is 2.18. The molecule has 1 aromatic rings. The summed E-state index contributed by atoms with van der Waals surface area (Å²) in [5.41, 5.74) is 0.896. The Balaban J connectivity index is 1.60. The van der Waals surface area contributed by atoms with Gasteiger partial charge in [0.25, 0.3) is 0 Å². The van der Waals surface area contributed by atoms with Crippen molar-refractivity contribution >= 4 is 0 Å². The van der Waals surface area contributed by atoms with Gasteiger partial charge in [-0.1, -0.05) is 6.42 Å². The molecule has 2 bridgehead atoms. The lowest BCUT2D eigenvalue weighted by atomic mass is 9.89. The van der Waals surface area contributed by atoms with Gasteiger partial charge in [0.15, 0.2) is 0 Å². The molecule has 0 amide bonds. The van der Waals surface area contributed by atoms with Gasteiger partial charge in [0.1, 0.15) is 11.6 Å². The molecule has 2 fully saturated rings. The van der Waals surface area contributed by atoms with Gasteiger partial charge < -0.3 is 4.74 Å². The van der Waals surface area contributed by atoms with Crippen molar-refractivity contribution in [1.29, 1.82) is 0 Å². The average Bonchev–Trinajstić information content (AvgIpc) is 2.89. The summed E-state index contributed by atoms with van der Waals surface area (Å²) in [7, 11) is 0. The zero-order valence-electron chi connectivity index (χ0n) is 10.3. The molecular weight excluding hydrogens is 215 g/mol.